The third-order valence-corrected chi connectivity index (χ3v) is 3.70. The molecule has 2 aromatic heterocycles. The summed E-state index contributed by atoms with van der Waals surface area (Å²) in [7, 11) is 1.84. The Bertz CT molecular complexity index is 541. The van der Waals surface area contributed by atoms with Crippen LogP contribution in [0.15, 0.2) is 29.9 Å². The van der Waals surface area contributed by atoms with Crippen LogP contribution in [0.1, 0.15) is 11.4 Å². The second-order valence-corrected chi connectivity index (χ2v) is 5.26. The molecule has 0 bridgehead atoms. The molecule has 20 heavy (non-hydrogen) atoms. The zero-order valence-electron chi connectivity index (χ0n) is 11.4. The van der Waals surface area contributed by atoms with E-state index in [2.05, 4.69) is 20.6 Å². The highest BCUT2D eigenvalue weighted by Gasteiger charge is 2.05. The minimum Gasteiger partial charge on any atom is -0.356 e. The summed E-state index contributed by atoms with van der Waals surface area (Å²) in [5.41, 5.74) is 2.04. The van der Waals surface area contributed by atoms with E-state index in [9.17, 15) is 4.79 Å². The number of rotatable bonds is 7. The number of hydrogen-bond donors (Lipinski definition) is 2. The van der Waals surface area contributed by atoms with E-state index in [1.165, 1.54) is 0 Å². The average Bonchev–Trinajstić information content (AvgIpc) is 2.95. The molecule has 2 heterocycles. The van der Waals surface area contributed by atoms with Gasteiger partial charge in [-0.05, 0) is 19.2 Å². The number of nitrogens with one attached hydrogen (secondary N) is 2. The van der Waals surface area contributed by atoms with Gasteiger partial charge in [-0.15, -0.1) is 11.3 Å². The third-order valence-electron chi connectivity index (χ3n) is 2.79. The molecule has 1 amide bonds. The van der Waals surface area contributed by atoms with Crippen molar-refractivity contribution >= 4 is 17.2 Å². The fraction of sp³-hybridized carbons (Fsp3) is 0.357. The first-order chi connectivity index (χ1) is 9.79. The maximum Gasteiger partial charge on any atom is 0.221 e. The minimum absolute atomic E-state index is 0.0743. The molecule has 0 aromatic carbocycles. The SMILES string of the molecule is CNCCC(=O)NCCc1nc(-c2ccncc2)cs1. The van der Waals surface area contributed by atoms with Crippen molar-refractivity contribution in [2.45, 2.75) is 12.8 Å². The zero-order valence-corrected chi connectivity index (χ0v) is 12.2. The lowest BCUT2D eigenvalue weighted by atomic mass is 10.2. The van der Waals surface area contributed by atoms with Crippen molar-refractivity contribution in [1.82, 2.24) is 20.6 Å². The van der Waals surface area contributed by atoms with Crippen molar-refractivity contribution in [1.29, 1.82) is 0 Å². The first kappa shape index (κ1) is 14.6. The van der Waals surface area contributed by atoms with Crippen LogP contribution in [-0.2, 0) is 11.2 Å². The molecule has 0 aliphatic heterocycles. The van der Waals surface area contributed by atoms with E-state index in [4.69, 9.17) is 0 Å². The summed E-state index contributed by atoms with van der Waals surface area (Å²) in [6.07, 6.45) is 4.80. The van der Waals surface area contributed by atoms with E-state index >= 15 is 0 Å². The van der Waals surface area contributed by atoms with Gasteiger partial charge >= 0.3 is 0 Å². The van der Waals surface area contributed by atoms with E-state index in [0.29, 0.717) is 19.5 Å². The van der Waals surface area contributed by atoms with Crippen LogP contribution in [0.5, 0.6) is 0 Å². The Labute approximate surface area is 122 Å². The van der Waals surface area contributed by atoms with Crippen LogP contribution in [0, 0.1) is 0 Å². The lowest BCUT2D eigenvalue weighted by Gasteiger charge is -2.03. The topological polar surface area (TPSA) is 66.9 Å². The van der Waals surface area contributed by atoms with Gasteiger partial charge in [0.05, 0.1) is 10.7 Å². The van der Waals surface area contributed by atoms with Gasteiger partial charge in [0.1, 0.15) is 0 Å². The fourth-order valence-electron chi connectivity index (χ4n) is 1.72. The van der Waals surface area contributed by atoms with Crippen molar-refractivity contribution < 1.29 is 4.79 Å². The quantitative estimate of drug-likeness (QED) is 0.810. The molecule has 0 fully saturated rings. The van der Waals surface area contributed by atoms with Gasteiger partial charge in [0.25, 0.3) is 0 Å². The normalized spacial score (nSPS) is 10.4. The zero-order chi connectivity index (χ0) is 14.2. The van der Waals surface area contributed by atoms with Crippen LogP contribution in [0.4, 0.5) is 0 Å². The Morgan fingerprint density at radius 1 is 1.30 bits per heavy atom. The van der Waals surface area contributed by atoms with Crippen molar-refractivity contribution in [3.8, 4) is 11.3 Å². The second-order valence-electron chi connectivity index (χ2n) is 4.32. The number of thiazole rings is 1. The largest absolute Gasteiger partial charge is 0.356 e. The van der Waals surface area contributed by atoms with Crippen molar-refractivity contribution in [2.24, 2.45) is 0 Å². The van der Waals surface area contributed by atoms with Gasteiger partial charge in [-0.25, -0.2) is 4.98 Å². The summed E-state index contributed by atoms with van der Waals surface area (Å²) in [6, 6.07) is 3.89. The maximum absolute atomic E-state index is 11.4. The summed E-state index contributed by atoms with van der Waals surface area (Å²) in [5.74, 6) is 0.0743. The summed E-state index contributed by atoms with van der Waals surface area (Å²) in [5, 5.41) is 8.91. The minimum atomic E-state index is 0.0743. The Morgan fingerprint density at radius 2 is 2.10 bits per heavy atom. The molecule has 0 saturated carbocycles. The van der Waals surface area contributed by atoms with Gasteiger partial charge < -0.3 is 10.6 Å². The van der Waals surface area contributed by atoms with Gasteiger partial charge in [-0.3, -0.25) is 9.78 Å². The Hall–Kier alpha value is -1.79. The number of hydrogen-bond acceptors (Lipinski definition) is 5. The molecule has 2 N–H and O–H groups in total. The third kappa shape index (κ3) is 4.40. The number of amides is 1. The van der Waals surface area contributed by atoms with Gasteiger partial charge in [-0.1, -0.05) is 0 Å². The van der Waals surface area contributed by atoms with Crippen LogP contribution in [0.2, 0.25) is 0 Å². The van der Waals surface area contributed by atoms with Gasteiger partial charge in [0.2, 0.25) is 5.91 Å². The Balaban J connectivity index is 1.80. The van der Waals surface area contributed by atoms with E-state index in [1.807, 2.05) is 24.6 Å². The van der Waals surface area contributed by atoms with Crippen molar-refractivity contribution in [2.75, 3.05) is 20.1 Å². The van der Waals surface area contributed by atoms with Crippen LogP contribution in [0.25, 0.3) is 11.3 Å². The molecule has 0 unspecified atom stereocenters. The molecule has 106 valence electrons. The summed E-state index contributed by atoms with van der Waals surface area (Å²) in [4.78, 5) is 20.0. The highest BCUT2D eigenvalue weighted by molar-refractivity contribution is 7.09. The molecule has 0 aliphatic rings. The molecule has 0 aliphatic carbocycles. The molecule has 2 rings (SSSR count). The molecule has 2 aromatic rings. The lowest BCUT2D eigenvalue weighted by molar-refractivity contribution is -0.120. The predicted octanol–water partition coefficient (Wildman–Crippen LogP) is 1.47. The summed E-state index contributed by atoms with van der Waals surface area (Å²) in [6.45, 7) is 1.33. The molecular formula is C14H18N4OS. The van der Waals surface area contributed by atoms with Crippen LogP contribution in [0.3, 0.4) is 0 Å². The van der Waals surface area contributed by atoms with Crippen LogP contribution >= 0.6 is 11.3 Å². The van der Waals surface area contributed by atoms with E-state index in [1.54, 1.807) is 23.7 Å². The summed E-state index contributed by atoms with van der Waals surface area (Å²) < 4.78 is 0. The van der Waals surface area contributed by atoms with Crippen molar-refractivity contribution in [3.05, 3.63) is 34.9 Å². The van der Waals surface area contributed by atoms with E-state index in [-0.39, 0.29) is 5.91 Å². The smallest absolute Gasteiger partial charge is 0.221 e. The first-order valence-electron chi connectivity index (χ1n) is 6.55. The molecular weight excluding hydrogens is 272 g/mol. The highest BCUT2D eigenvalue weighted by atomic mass is 32.1. The van der Waals surface area contributed by atoms with E-state index in [0.717, 1.165) is 22.7 Å². The number of pyridine rings is 1. The number of aromatic nitrogens is 2. The monoisotopic (exact) mass is 290 g/mol. The molecule has 5 nitrogen and oxygen atoms in total. The second kappa shape index (κ2) is 7.72. The van der Waals surface area contributed by atoms with E-state index < -0.39 is 0 Å². The number of carbonyl (C=O) groups is 1. The maximum atomic E-state index is 11.4. The van der Waals surface area contributed by atoms with Gasteiger partial charge in [0, 0.05) is 49.3 Å². The molecule has 0 atom stereocenters. The summed E-state index contributed by atoms with van der Waals surface area (Å²) >= 11 is 1.62. The molecule has 0 saturated heterocycles. The standard InChI is InChI=1S/C14H18N4OS/c1-15-6-4-13(19)17-9-5-14-18-12(10-20-14)11-2-7-16-8-3-11/h2-3,7-8,10,15H,4-6,9H2,1H3,(H,17,19). The molecule has 0 spiro atoms. The predicted molar refractivity (Wildman–Crippen MR) is 80.6 cm³/mol. The average molecular weight is 290 g/mol. The Morgan fingerprint density at radius 3 is 2.85 bits per heavy atom. The van der Waals surface area contributed by atoms with Crippen LogP contribution in [-0.4, -0.2) is 36.0 Å². The van der Waals surface area contributed by atoms with Crippen LogP contribution < -0.4 is 10.6 Å². The first-order valence-corrected chi connectivity index (χ1v) is 7.43. The highest BCUT2D eigenvalue weighted by Crippen LogP contribution is 2.21. The Kier molecular flexibility index (Phi) is 5.64. The lowest BCUT2D eigenvalue weighted by Crippen LogP contribution is -2.28. The molecule has 0 radical (unpaired) electrons. The number of carbonyl (C=O) groups excluding carboxylic acids is 1. The van der Waals surface area contributed by atoms with Gasteiger partial charge in [-0.2, -0.15) is 0 Å². The van der Waals surface area contributed by atoms with Crippen molar-refractivity contribution in [3.63, 3.8) is 0 Å². The van der Waals surface area contributed by atoms with Gasteiger partial charge in [0.15, 0.2) is 0 Å². The molecule has 6 heteroatoms. The fourth-order valence-corrected chi connectivity index (χ4v) is 2.52. The number of nitrogens with zero attached hydrogens (tertiary/aromatic N) is 2.